The van der Waals surface area contributed by atoms with Gasteiger partial charge in [0.25, 0.3) is 0 Å². The monoisotopic (exact) mass is 222 g/mol. The number of fused-ring (bicyclic) bond motifs is 3. The van der Waals surface area contributed by atoms with Crippen LogP contribution in [0.25, 0.3) is 0 Å². The Morgan fingerprint density at radius 2 is 1.69 bits per heavy atom. The minimum Gasteiger partial charge on any atom is -0.390 e. The van der Waals surface area contributed by atoms with E-state index in [0.29, 0.717) is 11.3 Å². The van der Waals surface area contributed by atoms with Gasteiger partial charge in [-0.3, -0.25) is 0 Å². The van der Waals surface area contributed by atoms with Crippen molar-refractivity contribution in [3.63, 3.8) is 0 Å². The van der Waals surface area contributed by atoms with Crippen LogP contribution in [0.1, 0.15) is 53.4 Å². The molecule has 0 amide bonds. The fourth-order valence-corrected chi connectivity index (χ4v) is 5.29. The van der Waals surface area contributed by atoms with E-state index in [1.54, 1.807) is 0 Å². The van der Waals surface area contributed by atoms with Gasteiger partial charge in [0.2, 0.25) is 0 Å². The van der Waals surface area contributed by atoms with Gasteiger partial charge in [-0.05, 0) is 61.2 Å². The van der Waals surface area contributed by atoms with Crippen LogP contribution >= 0.6 is 0 Å². The van der Waals surface area contributed by atoms with Crippen LogP contribution in [0.5, 0.6) is 0 Å². The molecule has 0 aromatic carbocycles. The number of hydrogen-bond donors (Lipinski definition) is 1. The Morgan fingerprint density at radius 1 is 1.00 bits per heavy atom. The van der Waals surface area contributed by atoms with Crippen molar-refractivity contribution in [3.8, 4) is 0 Å². The molecule has 3 rings (SSSR count). The third-order valence-electron chi connectivity index (χ3n) is 6.37. The molecule has 6 atom stereocenters. The standard InChI is InChI=1S/C15H26O/c1-9-5-6-10-12(9)13-11(14(13,2)3)7-8-15(10,4)16/h9-13,16H,5-8H2,1-4H3/t9?,10?,11-,12?,13-,15-/m1/s1. The van der Waals surface area contributed by atoms with Gasteiger partial charge in [0.05, 0.1) is 5.60 Å². The fraction of sp³-hybridized carbons (Fsp3) is 1.00. The van der Waals surface area contributed by atoms with E-state index in [1.807, 2.05) is 0 Å². The summed E-state index contributed by atoms with van der Waals surface area (Å²) in [4.78, 5) is 0. The minimum atomic E-state index is -0.376. The maximum absolute atomic E-state index is 10.7. The summed E-state index contributed by atoms with van der Waals surface area (Å²) in [5.41, 5.74) is 0.191. The number of hydrogen-bond acceptors (Lipinski definition) is 1. The predicted molar refractivity (Wildman–Crippen MR) is 66.0 cm³/mol. The molecule has 1 nitrogen and oxygen atoms in total. The van der Waals surface area contributed by atoms with Gasteiger partial charge in [-0.15, -0.1) is 0 Å². The lowest BCUT2D eigenvalue weighted by Crippen LogP contribution is -2.38. The maximum Gasteiger partial charge on any atom is 0.0650 e. The smallest absolute Gasteiger partial charge is 0.0650 e. The molecule has 1 heteroatoms. The Morgan fingerprint density at radius 3 is 2.38 bits per heavy atom. The van der Waals surface area contributed by atoms with Gasteiger partial charge in [0, 0.05) is 0 Å². The van der Waals surface area contributed by atoms with Crippen LogP contribution < -0.4 is 0 Å². The topological polar surface area (TPSA) is 20.2 Å². The summed E-state index contributed by atoms with van der Waals surface area (Å²) in [6, 6.07) is 0. The van der Waals surface area contributed by atoms with Gasteiger partial charge in [-0.2, -0.15) is 0 Å². The van der Waals surface area contributed by atoms with E-state index in [2.05, 4.69) is 27.7 Å². The summed E-state index contributed by atoms with van der Waals surface area (Å²) in [6.07, 6.45) is 4.89. The highest BCUT2D eigenvalue weighted by Crippen LogP contribution is 2.71. The Hall–Kier alpha value is -0.0400. The Kier molecular flexibility index (Phi) is 2.11. The van der Waals surface area contributed by atoms with Gasteiger partial charge < -0.3 is 5.11 Å². The van der Waals surface area contributed by atoms with Gasteiger partial charge in [0.15, 0.2) is 0 Å². The molecule has 3 aliphatic rings. The van der Waals surface area contributed by atoms with Crippen molar-refractivity contribution in [3.05, 3.63) is 0 Å². The molecule has 3 fully saturated rings. The SMILES string of the molecule is CC1CCC2C1[C@H]1[C@@H](CC[C@@]2(C)O)C1(C)C. The molecule has 92 valence electrons. The molecule has 0 heterocycles. The molecule has 0 bridgehead atoms. The number of rotatable bonds is 0. The van der Waals surface area contributed by atoms with Crippen LogP contribution in [-0.4, -0.2) is 10.7 Å². The van der Waals surface area contributed by atoms with Crippen LogP contribution in [0.15, 0.2) is 0 Å². The van der Waals surface area contributed by atoms with E-state index in [1.165, 1.54) is 19.3 Å². The molecule has 3 saturated carbocycles. The zero-order valence-corrected chi connectivity index (χ0v) is 11.2. The van der Waals surface area contributed by atoms with Crippen LogP contribution in [0.2, 0.25) is 0 Å². The van der Waals surface area contributed by atoms with Crippen LogP contribution in [0.4, 0.5) is 0 Å². The van der Waals surface area contributed by atoms with Gasteiger partial charge in [0.1, 0.15) is 0 Å². The zero-order chi connectivity index (χ0) is 11.7. The Balaban J connectivity index is 1.94. The molecule has 1 N–H and O–H groups in total. The molecule has 3 aliphatic carbocycles. The molecule has 0 spiro atoms. The van der Waals surface area contributed by atoms with Crippen molar-refractivity contribution < 1.29 is 5.11 Å². The quantitative estimate of drug-likeness (QED) is 0.665. The predicted octanol–water partition coefficient (Wildman–Crippen LogP) is 3.47. The fourth-order valence-electron chi connectivity index (χ4n) is 5.29. The molecule has 3 unspecified atom stereocenters. The third kappa shape index (κ3) is 1.27. The minimum absolute atomic E-state index is 0.376. The lowest BCUT2D eigenvalue weighted by atomic mass is 9.74. The van der Waals surface area contributed by atoms with E-state index in [4.69, 9.17) is 0 Å². The summed E-state index contributed by atoms with van der Waals surface area (Å²) < 4.78 is 0. The van der Waals surface area contributed by atoms with Crippen LogP contribution in [-0.2, 0) is 0 Å². The second kappa shape index (κ2) is 3.04. The molecule has 0 saturated heterocycles. The molecule has 0 radical (unpaired) electrons. The highest BCUT2D eigenvalue weighted by atomic mass is 16.3. The summed E-state index contributed by atoms with van der Waals surface area (Å²) in [5, 5.41) is 10.7. The van der Waals surface area contributed by atoms with E-state index in [9.17, 15) is 5.11 Å². The average molecular weight is 222 g/mol. The summed E-state index contributed by atoms with van der Waals surface area (Å²) in [6.45, 7) is 9.41. The van der Waals surface area contributed by atoms with E-state index >= 15 is 0 Å². The van der Waals surface area contributed by atoms with Crippen LogP contribution in [0.3, 0.4) is 0 Å². The van der Waals surface area contributed by atoms with E-state index < -0.39 is 0 Å². The largest absolute Gasteiger partial charge is 0.390 e. The molecule has 0 aromatic heterocycles. The Bertz CT molecular complexity index is 305. The lowest BCUT2D eigenvalue weighted by Gasteiger charge is -2.35. The Labute approximate surface area is 99.6 Å². The van der Waals surface area contributed by atoms with E-state index in [0.717, 1.165) is 30.1 Å². The average Bonchev–Trinajstić information content (AvgIpc) is 2.51. The highest BCUT2D eigenvalue weighted by Gasteiger charge is 2.66. The first-order chi connectivity index (χ1) is 7.36. The van der Waals surface area contributed by atoms with Gasteiger partial charge >= 0.3 is 0 Å². The maximum atomic E-state index is 10.7. The number of aliphatic hydroxyl groups is 1. The molecule has 0 aromatic rings. The summed E-state index contributed by atoms with van der Waals surface area (Å²) in [7, 11) is 0. The summed E-state index contributed by atoms with van der Waals surface area (Å²) in [5.74, 6) is 4.03. The van der Waals surface area contributed by atoms with Gasteiger partial charge in [-0.1, -0.05) is 27.2 Å². The lowest BCUT2D eigenvalue weighted by molar-refractivity contribution is -0.0302. The first-order valence-electron chi connectivity index (χ1n) is 7.08. The van der Waals surface area contributed by atoms with Crippen molar-refractivity contribution in [2.24, 2.45) is 35.0 Å². The second-order valence-electron chi connectivity index (χ2n) is 7.59. The summed E-state index contributed by atoms with van der Waals surface area (Å²) >= 11 is 0. The molecule has 0 aliphatic heterocycles. The molecular formula is C15H26O. The van der Waals surface area contributed by atoms with E-state index in [-0.39, 0.29) is 5.60 Å². The third-order valence-corrected chi connectivity index (χ3v) is 6.37. The molecule has 16 heavy (non-hydrogen) atoms. The second-order valence-corrected chi connectivity index (χ2v) is 7.59. The van der Waals surface area contributed by atoms with Crippen LogP contribution in [0, 0.1) is 35.0 Å². The van der Waals surface area contributed by atoms with Crippen molar-refractivity contribution >= 4 is 0 Å². The first-order valence-corrected chi connectivity index (χ1v) is 7.08. The normalized spacial score (nSPS) is 58.7. The van der Waals surface area contributed by atoms with Crippen molar-refractivity contribution in [1.82, 2.24) is 0 Å². The van der Waals surface area contributed by atoms with Gasteiger partial charge in [-0.25, -0.2) is 0 Å². The van der Waals surface area contributed by atoms with Crippen molar-refractivity contribution in [2.45, 2.75) is 59.0 Å². The zero-order valence-electron chi connectivity index (χ0n) is 11.2. The molecular weight excluding hydrogens is 196 g/mol. The van der Waals surface area contributed by atoms with Crippen molar-refractivity contribution in [1.29, 1.82) is 0 Å². The van der Waals surface area contributed by atoms with Crippen molar-refractivity contribution in [2.75, 3.05) is 0 Å². The highest BCUT2D eigenvalue weighted by molar-refractivity contribution is 5.14. The first kappa shape index (κ1) is 11.1.